The molecule has 20 heavy (non-hydrogen) atoms. The van der Waals surface area contributed by atoms with Gasteiger partial charge < -0.3 is 13.6 Å². The first-order valence-corrected chi connectivity index (χ1v) is 9.54. The van der Waals surface area contributed by atoms with Gasteiger partial charge >= 0.3 is 15.3 Å². The van der Waals surface area contributed by atoms with E-state index >= 15 is 0 Å². The van der Waals surface area contributed by atoms with E-state index in [1.807, 2.05) is 19.9 Å². The lowest BCUT2D eigenvalue weighted by Gasteiger charge is -2.23. The Bertz CT molecular complexity index is 311. The van der Waals surface area contributed by atoms with Gasteiger partial charge in [-0.15, -0.1) is 0 Å². The summed E-state index contributed by atoms with van der Waals surface area (Å²) in [5, 5.41) is 0. The van der Waals surface area contributed by atoms with Gasteiger partial charge in [0.2, 0.25) is 0 Å². The maximum atomic E-state index is 11.9. The minimum atomic E-state index is -1.49. The highest BCUT2D eigenvalue weighted by atomic mass is 28.3. The SMILES string of the molecule is CCCC=C(C)C(=O)OC(CC)CO[SiH]1CCCCO1. The van der Waals surface area contributed by atoms with Crippen LogP contribution in [0, 0.1) is 0 Å². The number of allylic oxidation sites excluding steroid dienone is 1. The Morgan fingerprint density at radius 2 is 2.20 bits per heavy atom. The molecule has 0 bridgehead atoms. The maximum Gasteiger partial charge on any atom is 0.333 e. The van der Waals surface area contributed by atoms with Crippen molar-refractivity contribution in [3.05, 3.63) is 11.6 Å². The molecule has 1 saturated heterocycles. The van der Waals surface area contributed by atoms with Crippen LogP contribution in [0.1, 0.15) is 52.9 Å². The molecule has 0 aromatic rings. The molecule has 0 N–H and O–H groups in total. The molecule has 2 atom stereocenters. The molecule has 0 saturated carbocycles. The zero-order chi connectivity index (χ0) is 14.8. The summed E-state index contributed by atoms with van der Waals surface area (Å²) in [5.74, 6) is -0.222. The number of esters is 1. The van der Waals surface area contributed by atoms with Crippen LogP contribution in [0.5, 0.6) is 0 Å². The first-order chi connectivity index (χ1) is 9.67. The fourth-order valence-electron chi connectivity index (χ4n) is 1.98. The molecule has 0 aliphatic carbocycles. The summed E-state index contributed by atoms with van der Waals surface area (Å²) < 4.78 is 16.9. The van der Waals surface area contributed by atoms with Crippen LogP contribution in [-0.2, 0) is 18.4 Å². The molecule has 1 aliphatic heterocycles. The fourth-order valence-corrected chi connectivity index (χ4v) is 3.89. The van der Waals surface area contributed by atoms with Crippen LogP contribution in [0.2, 0.25) is 6.04 Å². The van der Waals surface area contributed by atoms with Crippen molar-refractivity contribution in [3.63, 3.8) is 0 Å². The number of hydrogen-bond acceptors (Lipinski definition) is 4. The second-order valence-corrected chi connectivity index (χ2v) is 7.34. The number of ether oxygens (including phenoxy) is 1. The van der Waals surface area contributed by atoms with Crippen molar-refractivity contribution in [2.24, 2.45) is 0 Å². The molecule has 1 rings (SSSR count). The van der Waals surface area contributed by atoms with Gasteiger partial charge in [-0.3, -0.25) is 0 Å². The lowest BCUT2D eigenvalue weighted by Crippen LogP contribution is -2.32. The van der Waals surface area contributed by atoms with Gasteiger partial charge in [0.05, 0.1) is 6.61 Å². The third-order valence-electron chi connectivity index (χ3n) is 3.40. The van der Waals surface area contributed by atoms with E-state index in [0.717, 1.165) is 38.3 Å². The van der Waals surface area contributed by atoms with Crippen molar-refractivity contribution in [1.82, 2.24) is 0 Å². The second-order valence-electron chi connectivity index (χ2n) is 5.24. The minimum Gasteiger partial charge on any atom is -0.457 e. The van der Waals surface area contributed by atoms with Crippen LogP contribution >= 0.6 is 0 Å². The summed E-state index contributed by atoms with van der Waals surface area (Å²) in [5.41, 5.74) is 0.691. The summed E-state index contributed by atoms with van der Waals surface area (Å²) in [6.07, 6.45) is 6.84. The predicted octanol–water partition coefficient (Wildman–Crippen LogP) is 3.10. The molecule has 0 spiro atoms. The monoisotopic (exact) mass is 300 g/mol. The van der Waals surface area contributed by atoms with Crippen LogP contribution in [0.15, 0.2) is 11.6 Å². The van der Waals surface area contributed by atoms with Crippen LogP contribution in [-0.4, -0.2) is 34.6 Å². The Morgan fingerprint density at radius 3 is 2.80 bits per heavy atom. The Kier molecular flexibility index (Phi) is 8.81. The second kappa shape index (κ2) is 10.1. The Labute approximate surface area is 124 Å². The average molecular weight is 300 g/mol. The van der Waals surface area contributed by atoms with Gasteiger partial charge in [-0.1, -0.05) is 26.3 Å². The highest BCUT2D eigenvalue weighted by Gasteiger charge is 2.21. The van der Waals surface area contributed by atoms with Gasteiger partial charge in [0.1, 0.15) is 6.10 Å². The van der Waals surface area contributed by atoms with Crippen LogP contribution in [0.3, 0.4) is 0 Å². The molecule has 116 valence electrons. The van der Waals surface area contributed by atoms with Gasteiger partial charge in [0.25, 0.3) is 0 Å². The zero-order valence-electron chi connectivity index (χ0n) is 13.0. The maximum absolute atomic E-state index is 11.9. The summed E-state index contributed by atoms with van der Waals surface area (Å²) >= 11 is 0. The number of carbonyl (C=O) groups excluding carboxylic acids is 1. The zero-order valence-corrected chi connectivity index (χ0v) is 14.2. The third-order valence-corrected chi connectivity index (χ3v) is 5.45. The summed E-state index contributed by atoms with van der Waals surface area (Å²) in [7, 11) is -1.49. The number of carbonyl (C=O) groups is 1. The largest absolute Gasteiger partial charge is 0.457 e. The quantitative estimate of drug-likeness (QED) is 0.392. The fraction of sp³-hybridized carbons (Fsp3) is 0.800. The van der Waals surface area contributed by atoms with E-state index in [4.69, 9.17) is 13.6 Å². The molecule has 0 radical (unpaired) electrons. The molecule has 5 heteroatoms. The summed E-state index contributed by atoms with van der Waals surface area (Å²) in [4.78, 5) is 11.9. The van der Waals surface area contributed by atoms with Crippen molar-refractivity contribution < 1.29 is 18.4 Å². The van der Waals surface area contributed by atoms with Crippen molar-refractivity contribution in [2.45, 2.75) is 65.0 Å². The Morgan fingerprint density at radius 1 is 1.40 bits per heavy atom. The van der Waals surface area contributed by atoms with Crippen molar-refractivity contribution >= 4 is 15.3 Å². The molecule has 0 aromatic heterocycles. The van der Waals surface area contributed by atoms with E-state index in [1.165, 1.54) is 6.42 Å². The lowest BCUT2D eigenvalue weighted by molar-refractivity contribution is -0.146. The molecule has 4 nitrogen and oxygen atoms in total. The topological polar surface area (TPSA) is 44.8 Å². The standard InChI is InChI=1S/C15H28O4Si/c1-4-6-9-13(3)15(16)19-14(5-2)12-18-20-11-8-7-10-17-20/h9,14,20H,4-8,10-12H2,1-3H3. The van der Waals surface area contributed by atoms with Gasteiger partial charge in [0, 0.05) is 12.2 Å². The van der Waals surface area contributed by atoms with Crippen molar-refractivity contribution in [3.8, 4) is 0 Å². The van der Waals surface area contributed by atoms with Crippen LogP contribution < -0.4 is 0 Å². The first-order valence-electron chi connectivity index (χ1n) is 7.78. The Hall–Kier alpha value is -0.653. The van der Waals surface area contributed by atoms with Gasteiger partial charge in [-0.25, -0.2) is 4.79 Å². The van der Waals surface area contributed by atoms with E-state index in [1.54, 1.807) is 0 Å². The van der Waals surface area contributed by atoms with E-state index in [0.29, 0.717) is 12.2 Å². The molecule has 1 fully saturated rings. The minimum absolute atomic E-state index is 0.162. The number of rotatable bonds is 8. The van der Waals surface area contributed by atoms with E-state index < -0.39 is 9.28 Å². The normalized spacial score (nSPS) is 21.6. The van der Waals surface area contributed by atoms with Crippen LogP contribution in [0.4, 0.5) is 0 Å². The van der Waals surface area contributed by atoms with Gasteiger partial charge in [0.15, 0.2) is 0 Å². The molecular weight excluding hydrogens is 272 g/mol. The molecular formula is C15H28O4Si. The molecule has 0 aromatic carbocycles. The average Bonchev–Trinajstić information content (AvgIpc) is 2.49. The van der Waals surface area contributed by atoms with Gasteiger partial charge in [-0.2, -0.15) is 0 Å². The molecule has 1 heterocycles. The first kappa shape index (κ1) is 17.4. The summed E-state index contributed by atoms with van der Waals surface area (Å²) in [6.45, 7) is 7.21. The number of unbranched alkanes of at least 4 members (excludes halogenated alkanes) is 1. The highest BCUT2D eigenvalue weighted by Crippen LogP contribution is 2.13. The molecule has 0 amide bonds. The number of hydrogen-bond donors (Lipinski definition) is 0. The molecule has 2 unspecified atom stereocenters. The van der Waals surface area contributed by atoms with Crippen LogP contribution in [0.25, 0.3) is 0 Å². The van der Waals surface area contributed by atoms with E-state index in [-0.39, 0.29) is 12.1 Å². The Balaban J connectivity index is 2.32. The smallest absolute Gasteiger partial charge is 0.333 e. The van der Waals surface area contributed by atoms with Gasteiger partial charge in [-0.05, 0) is 38.7 Å². The highest BCUT2D eigenvalue weighted by molar-refractivity contribution is 6.44. The van der Waals surface area contributed by atoms with E-state index in [9.17, 15) is 4.79 Å². The predicted molar refractivity (Wildman–Crippen MR) is 81.9 cm³/mol. The third kappa shape index (κ3) is 6.68. The molecule has 1 aliphatic rings. The van der Waals surface area contributed by atoms with Crippen molar-refractivity contribution in [2.75, 3.05) is 13.2 Å². The lowest BCUT2D eigenvalue weighted by atomic mass is 10.2. The summed E-state index contributed by atoms with van der Waals surface area (Å²) in [6, 6.07) is 1.07. The van der Waals surface area contributed by atoms with E-state index in [2.05, 4.69) is 6.92 Å². The van der Waals surface area contributed by atoms with Crippen molar-refractivity contribution in [1.29, 1.82) is 0 Å².